The predicted octanol–water partition coefficient (Wildman–Crippen LogP) is 1.77. The van der Waals surface area contributed by atoms with Crippen LogP contribution in [-0.4, -0.2) is 36.1 Å². The first-order valence-electron chi connectivity index (χ1n) is 6.79. The highest BCUT2D eigenvalue weighted by Crippen LogP contribution is 2.28. The summed E-state index contributed by atoms with van der Waals surface area (Å²) in [6.07, 6.45) is 1.04. The first-order chi connectivity index (χ1) is 9.49. The predicted molar refractivity (Wildman–Crippen MR) is 76.7 cm³/mol. The molecule has 2 N–H and O–H groups in total. The molecule has 0 bridgehead atoms. The third-order valence-corrected chi connectivity index (χ3v) is 3.61. The van der Waals surface area contributed by atoms with Crippen LogP contribution in [0, 0.1) is 16.0 Å². The van der Waals surface area contributed by atoms with Gasteiger partial charge in [0.25, 0.3) is 0 Å². The second-order valence-electron chi connectivity index (χ2n) is 5.56. The minimum atomic E-state index is -0.410. The smallest absolute Gasteiger partial charge is 0.311 e. The molecule has 110 valence electrons. The summed E-state index contributed by atoms with van der Waals surface area (Å²) < 4.78 is 5.01. The van der Waals surface area contributed by atoms with Gasteiger partial charge in [0.2, 0.25) is 0 Å². The van der Waals surface area contributed by atoms with Crippen LogP contribution < -0.4 is 10.5 Å². The Hall–Kier alpha value is -1.66. The van der Waals surface area contributed by atoms with E-state index in [4.69, 9.17) is 10.5 Å². The summed E-state index contributed by atoms with van der Waals surface area (Å²) in [4.78, 5) is 12.9. The molecule has 1 aromatic carbocycles. The summed E-state index contributed by atoms with van der Waals surface area (Å²) in [5.74, 6) is 0.856. The minimum Gasteiger partial charge on any atom is -0.490 e. The minimum absolute atomic E-state index is 0.0133. The maximum Gasteiger partial charge on any atom is 0.311 e. The molecule has 0 amide bonds. The molecule has 1 aromatic rings. The highest BCUT2D eigenvalue weighted by molar-refractivity contribution is 5.48. The Bertz CT molecular complexity index is 483. The fraction of sp³-hybridized carbons (Fsp3) is 0.571. The van der Waals surface area contributed by atoms with Crippen LogP contribution in [0.3, 0.4) is 0 Å². The molecule has 6 nitrogen and oxygen atoms in total. The van der Waals surface area contributed by atoms with E-state index in [1.807, 2.05) is 6.07 Å². The molecule has 6 heteroatoms. The lowest BCUT2D eigenvalue weighted by molar-refractivity contribution is -0.385. The first-order valence-corrected chi connectivity index (χ1v) is 6.79. The van der Waals surface area contributed by atoms with E-state index in [0.717, 1.165) is 25.1 Å². The Morgan fingerprint density at radius 3 is 2.85 bits per heavy atom. The van der Waals surface area contributed by atoms with Crippen molar-refractivity contribution in [2.45, 2.75) is 25.9 Å². The van der Waals surface area contributed by atoms with Gasteiger partial charge < -0.3 is 10.5 Å². The molecule has 0 spiro atoms. The Morgan fingerprint density at radius 2 is 2.25 bits per heavy atom. The zero-order valence-electron chi connectivity index (χ0n) is 11.9. The van der Waals surface area contributed by atoms with Crippen LogP contribution in [0.1, 0.15) is 18.9 Å². The topological polar surface area (TPSA) is 81.6 Å². The standard InChI is InChI=1S/C14H21N3O3/c1-10-5-12(15)9-16(7-10)8-11-3-4-14(20-2)13(6-11)17(18)19/h3-4,6,10,12H,5,7-9,15H2,1-2H3. The van der Waals surface area contributed by atoms with E-state index in [0.29, 0.717) is 18.2 Å². The Morgan fingerprint density at radius 1 is 1.50 bits per heavy atom. The number of nitrogens with two attached hydrogens (primary N) is 1. The van der Waals surface area contributed by atoms with E-state index in [1.165, 1.54) is 7.11 Å². The lowest BCUT2D eigenvalue weighted by Gasteiger charge is -2.34. The molecule has 0 saturated carbocycles. The molecule has 20 heavy (non-hydrogen) atoms. The van der Waals surface area contributed by atoms with Crippen molar-refractivity contribution in [3.63, 3.8) is 0 Å². The van der Waals surface area contributed by atoms with Gasteiger partial charge in [-0.05, 0) is 24.0 Å². The van der Waals surface area contributed by atoms with Crippen LogP contribution in [0.2, 0.25) is 0 Å². The second kappa shape index (κ2) is 6.19. The second-order valence-corrected chi connectivity index (χ2v) is 5.56. The maximum atomic E-state index is 11.0. The van der Waals surface area contributed by atoms with Crippen LogP contribution in [0.5, 0.6) is 5.75 Å². The molecule has 0 aromatic heterocycles. The Labute approximate surface area is 118 Å². The largest absolute Gasteiger partial charge is 0.490 e. The molecule has 1 aliphatic rings. The average molecular weight is 279 g/mol. The van der Waals surface area contributed by atoms with Crippen molar-refractivity contribution in [1.29, 1.82) is 0 Å². The first kappa shape index (κ1) is 14.7. The molecule has 1 heterocycles. The van der Waals surface area contributed by atoms with Crippen molar-refractivity contribution in [3.05, 3.63) is 33.9 Å². The number of rotatable bonds is 4. The lowest BCUT2D eigenvalue weighted by atomic mass is 9.96. The summed E-state index contributed by atoms with van der Waals surface area (Å²) in [7, 11) is 1.44. The molecular weight excluding hydrogens is 258 g/mol. The number of methoxy groups -OCH3 is 1. The third kappa shape index (κ3) is 3.46. The molecule has 2 atom stereocenters. The van der Waals surface area contributed by atoms with Gasteiger partial charge in [-0.3, -0.25) is 15.0 Å². The van der Waals surface area contributed by atoms with Gasteiger partial charge in [-0.15, -0.1) is 0 Å². The van der Waals surface area contributed by atoms with Crippen LogP contribution >= 0.6 is 0 Å². The van der Waals surface area contributed by atoms with Crippen molar-refractivity contribution in [2.24, 2.45) is 11.7 Å². The quantitative estimate of drug-likeness (QED) is 0.671. The van der Waals surface area contributed by atoms with Crippen molar-refractivity contribution in [1.82, 2.24) is 4.90 Å². The average Bonchev–Trinajstić information content (AvgIpc) is 2.37. The maximum absolute atomic E-state index is 11.0. The van der Waals surface area contributed by atoms with Gasteiger partial charge in [-0.1, -0.05) is 13.0 Å². The highest BCUT2D eigenvalue weighted by atomic mass is 16.6. The molecular formula is C14H21N3O3. The summed E-state index contributed by atoms with van der Waals surface area (Å²) >= 11 is 0. The molecule has 1 aliphatic heterocycles. The van der Waals surface area contributed by atoms with E-state index in [1.54, 1.807) is 12.1 Å². The van der Waals surface area contributed by atoms with Crippen LogP contribution in [0.25, 0.3) is 0 Å². The normalized spacial score (nSPS) is 23.6. The van der Waals surface area contributed by atoms with Gasteiger partial charge in [-0.25, -0.2) is 0 Å². The van der Waals surface area contributed by atoms with Gasteiger partial charge in [0.1, 0.15) is 0 Å². The van der Waals surface area contributed by atoms with Gasteiger partial charge in [-0.2, -0.15) is 0 Å². The number of hydrogen-bond donors (Lipinski definition) is 1. The van der Waals surface area contributed by atoms with E-state index in [2.05, 4.69) is 11.8 Å². The Kier molecular flexibility index (Phi) is 4.57. The van der Waals surface area contributed by atoms with E-state index >= 15 is 0 Å². The number of benzene rings is 1. The summed E-state index contributed by atoms with van der Waals surface area (Å²) in [5, 5.41) is 11.0. The van der Waals surface area contributed by atoms with E-state index in [-0.39, 0.29) is 11.7 Å². The molecule has 1 fully saturated rings. The van der Waals surface area contributed by atoms with Crippen LogP contribution in [0.4, 0.5) is 5.69 Å². The van der Waals surface area contributed by atoms with Crippen molar-refractivity contribution < 1.29 is 9.66 Å². The molecule has 1 saturated heterocycles. The van der Waals surface area contributed by atoms with E-state index in [9.17, 15) is 10.1 Å². The highest BCUT2D eigenvalue weighted by Gasteiger charge is 2.23. The fourth-order valence-corrected chi connectivity index (χ4v) is 2.88. The number of nitro groups is 1. The number of likely N-dealkylation sites (tertiary alicyclic amines) is 1. The SMILES string of the molecule is COc1ccc(CN2CC(C)CC(N)C2)cc1[N+](=O)[O-]. The van der Waals surface area contributed by atoms with Crippen molar-refractivity contribution in [2.75, 3.05) is 20.2 Å². The monoisotopic (exact) mass is 279 g/mol. The fourth-order valence-electron chi connectivity index (χ4n) is 2.88. The van der Waals surface area contributed by atoms with Gasteiger partial charge in [0.15, 0.2) is 5.75 Å². The van der Waals surface area contributed by atoms with Gasteiger partial charge in [0, 0.05) is 31.7 Å². The van der Waals surface area contributed by atoms with Crippen LogP contribution in [0.15, 0.2) is 18.2 Å². The number of hydrogen-bond acceptors (Lipinski definition) is 5. The molecule has 0 radical (unpaired) electrons. The number of nitrogens with zero attached hydrogens (tertiary/aromatic N) is 2. The summed E-state index contributed by atoms with van der Waals surface area (Å²) in [5.41, 5.74) is 6.95. The molecule has 2 unspecified atom stereocenters. The van der Waals surface area contributed by atoms with Gasteiger partial charge >= 0.3 is 5.69 Å². The zero-order chi connectivity index (χ0) is 14.7. The number of piperidine rings is 1. The van der Waals surface area contributed by atoms with Crippen molar-refractivity contribution in [3.8, 4) is 5.75 Å². The van der Waals surface area contributed by atoms with Gasteiger partial charge in [0.05, 0.1) is 12.0 Å². The lowest BCUT2D eigenvalue weighted by Crippen LogP contribution is -2.45. The van der Waals surface area contributed by atoms with Crippen molar-refractivity contribution >= 4 is 5.69 Å². The summed E-state index contributed by atoms with van der Waals surface area (Å²) in [6, 6.07) is 5.30. The van der Waals surface area contributed by atoms with E-state index < -0.39 is 4.92 Å². The van der Waals surface area contributed by atoms with Crippen LogP contribution in [-0.2, 0) is 6.54 Å². The molecule has 2 rings (SSSR count). The summed E-state index contributed by atoms with van der Waals surface area (Å²) in [6.45, 7) is 4.68. The number of nitro benzene ring substituents is 1. The molecule has 0 aliphatic carbocycles. The number of ether oxygens (including phenoxy) is 1. The third-order valence-electron chi connectivity index (χ3n) is 3.61. The zero-order valence-corrected chi connectivity index (χ0v) is 11.9. The Balaban J connectivity index is 2.13.